The molecule has 0 fully saturated rings. The van der Waals surface area contributed by atoms with Crippen LogP contribution in [0.15, 0.2) is 0 Å². The van der Waals surface area contributed by atoms with Crippen molar-refractivity contribution in [2.45, 2.75) is 33.6 Å². The molecule has 0 aromatic carbocycles. The maximum atomic E-state index is 11.8. The van der Waals surface area contributed by atoms with Crippen molar-refractivity contribution in [3.8, 4) is 6.07 Å². The second kappa shape index (κ2) is 7.60. The average Bonchev–Trinajstić information content (AvgIpc) is 2.20. The van der Waals surface area contributed by atoms with Crippen LogP contribution in [0, 0.1) is 17.2 Å². The van der Waals surface area contributed by atoms with E-state index in [0.29, 0.717) is 13.1 Å². The van der Waals surface area contributed by atoms with Gasteiger partial charge in [-0.3, -0.25) is 0 Å². The normalized spacial score (nSPS) is 12.0. The van der Waals surface area contributed by atoms with Crippen LogP contribution in [0.3, 0.4) is 0 Å². The highest BCUT2D eigenvalue weighted by Gasteiger charge is 2.21. The van der Waals surface area contributed by atoms with E-state index >= 15 is 0 Å². The fraction of sp³-hybridized carbons (Fsp3) is 0.900. The average molecular weight is 247 g/mol. The summed E-state index contributed by atoms with van der Waals surface area (Å²) in [5.74, 6) is 0.247. The van der Waals surface area contributed by atoms with E-state index in [1.165, 1.54) is 4.31 Å². The van der Waals surface area contributed by atoms with Crippen LogP contribution < -0.4 is 4.72 Å². The molecule has 0 aromatic rings. The lowest BCUT2D eigenvalue weighted by atomic mass is 10.2. The molecule has 6 heteroatoms. The fourth-order valence-electron chi connectivity index (χ4n) is 1.21. The number of nitrogens with one attached hydrogen (secondary N) is 1. The summed E-state index contributed by atoms with van der Waals surface area (Å²) in [5.41, 5.74) is 0. The van der Waals surface area contributed by atoms with Crippen LogP contribution in [-0.4, -0.2) is 32.4 Å². The third-order valence-corrected chi connectivity index (χ3v) is 3.50. The number of nitrogens with zero attached hydrogens (tertiary/aromatic N) is 2. The molecular weight excluding hydrogens is 226 g/mol. The molecule has 0 aliphatic rings. The first kappa shape index (κ1) is 15.4. The van der Waals surface area contributed by atoms with Gasteiger partial charge in [0.15, 0.2) is 0 Å². The molecule has 0 saturated heterocycles. The van der Waals surface area contributed by atoms with Crippen molar-refractivity contribution in [2.75, 3.05) is 19.6 Å². The van der Waals surface area contributed by atoms with Crippen molar-refractivity contribution in [1.29, 1.82) is 5.26 Å². The van der Waals surface area contributed by atoms with E-state index in [4.69, 9.17) is 5.26 Å². The van der Waals surface area contributed by atoms with Gasteiger partial charge in [-0.2, -0.15) is 18.0 Å². The lowest BCUT2D eigenvalue weighted by molar-refractivity contribution is 0.367. The van der Waals surface area contributed by atoms with E-state index < -0.39 is 10.2 Å². The van der Waals surface area contributed by atoms with Gasteiger partial charge in [0.25, 0.3) is 10.2 Å². The van der Waals surface area contributed by atoms with Crippen LogP contribution in [0.4, 0.5) is 0 Å². The Morgan fingerprint density at radius 1 is 1.44 bits per heavy atom. The quantitative estimate of drug-likeness (QED) is 0.698. The molecule has 0 atom stereocenters. The molecule has 0 unspecified atom stereocenters. The molecule has 1 N–H and O–H groups in total. The lowest BCUT2D eigenvalue weighted by Crippen LogP contribution is -2.43. The first-order valence-electron chi connectivity index (χ1n) is 5.55. The van der Waals surface area contributed by atoms with Crippen molar-refractivity contribution < 1.29 is 8.42 Å². The second-order valence-electron chi connectivity index (χ2n) is 4.06. The second-order valence-corrected chi connectivity index (χ2v) is 5.81. The molecule has 0 amide bonds. The van der Waals surface area contributed by atoms with Gasteiger partial charge in [0.05, 0.1) is 6.07 Å². The third-order valence-electron chi connectivity index (χ3n) is 1.92. The first-order valence-corrected chi connectivity index (χ1v) is 6.99. The minimum absolute atomic E-state index is 0.222. The standard InChI is InChI=1S/C10H21N3O2S/c1-4-7-12-16(14,15)13(8-5-6-11)9-10(2)3/h10,12H,4-5,7-9H2,1-3H3. The van der Waals surface area contributed by atoms with Crippen LogP contribution >= 0.6 is 0 Å². The van der Waals surface area contributed by atoms with Gasteiger partial charge in [-0.15, -0.1) is 0 Å². The predicted octanol–water partition coefficient (Wildman–Crippen LogP) is 1.10. The topological polar surface area (TPSA) is 73.2 Å². The van der Waals surface area contributed by atoms with Gasteiger partial charge in [0.2, 0.25) is 0 Å². The molecule has 0 spiro atoms. The van der Waals surface area contributed by atoms with Gasteiger partial charge in [-0.05, 0) is 12.3 Å². The molecule has 94 valence electrons. The zero-order chi connectivity index (χ0) is 12.6. The Morgan fingerprint density at radius 3 is 2.50 bits per heavy atom. The summed E-state index contributed by atoms with van der Waals surface area (Å²) in [6.45, 7) is 6.95. The molecule has 0 radical (unpaired) electrons. The monoisotopic (exact) mass is 247 g/mol. The summed E-state index contributed by atoms with van der Waals surface area (Å²) in [7, 11) is -3.42. The molecule has 0 saturated carbocycles. The number of nitriles is 1. The SMILES string of the molecule is CCCNS(=O)(=O)N(CCC#N)CC(C)C. The van der Waals surface area contributed by atoms with Crippen molar-refractivity contribution in [3.05, 3.63) is 0 Å². The Kier molecular flexibility index (Phi) is 7.30. The van der Waals surface area contributed by atoms with E-state index in [9.17, 15) is 8.42 Å². The summed E-state index contributed by atoms with van der Waals surface area (Å²) >= 11 is 0. The zero-order valence-corrected chi connectivity index (χ0v) is 11.0. The van der Waals surface area contributed by atoms with Gasteiger partial charge >= 0.3 is 0 Å². The summed E-state index contributed by atoms with van der Waals surface area (Å²) < 4.78 is 27.5. The molecule has 0 bridgehead atoms. The molecule has 0 aliphatic carbocycles. The van der Waals surface area contributed by atoms with Crippen LogP contribution in [0.1, 0.15) is 33.6 Å². The minimum atomic E-state index is -3.42. The Balaban J connectivity index is 4.53. The molecule has 0 heterocycles. The maximum absolute atomic E-state index is 11.8. The first-order chi connectivity index (χ1) is 7.44. The Hall–Kier alpha value is -0.640. The van der Waals surface area contributed by atoms with Crippen LogP contribution in [0.25, 0.3) is 0 Å². The van der Waals surface area contributed by atoms with E-state index in [2.05, 4.69) is 4.72 Å². The van der Waals surface area contributed by atoms with E-state index in [0.717, 1.165) is 6.42 Å². The smallest absolute Gasteiger partial charge is 0.202 e. The maximum Gasteiger partial charge on any atom is 0.279 e. The Bertz CT molecular complexity index is 319. The Labute approximate surface area is 98.6 Å². The largest absolute Gasteiger partial charge is 0.279 e. The Morgan fingerprint density at radius 2 is 2.06 bits per heavy atom. The molecule has 5 nitrogen and oxygen atoms in total. The minimum Gasteiger partial charge on any atom is -0.202 e. The number of hydrogen-bond donors (Lipinski definition) is 1. The van der Waals surface area contributed by atoms with E-state index in [1.807, 2.05) is 26.8 Å². The summed E-state index contributed by atoms with van der Waals surface area (Å²) in [6, 6.07) is 1.97. The lowest BCUT2D eigenvalue weighted by Gasteiger charge is -2.23. The van der Waals surface area contributed by atoms with Crippen molar-refractivity contribution in [2.24, 2.45) is 5.92 Å². The molecule has 0 aliphatic heterocycles. The van der Waals surface area contributed by atoms with Crippen LogP contribution in [-0.2, 0) is 10.2 Å². The van der Waals surface area contributed by atoms with Gasteiger partial charge < -0.3 is 0 Å². The van der Waals surface area contributed by atoms with Crippen molar-refractivity contribution in [1.82, 2.24) is 9.03 Å². The molecular formula is C10H21N3O2S. The highest BCUT2D eigenvalue weighted by atomic mass is 32.2. The highest BCUT2D eigenvalue weighted by molar-refractivity contribution is 7.87. The van der Waals surface area contributed by atoms with Gasteiger partial charge in [0, 0.05) is 26.1 Å². The van der Waals surface area contributed by atoms with Crippen molar-refractivity contribution in [3.63, 3.8) is 0 Å². The van der Waals surface area contributed by atoms with Gasteiger partial charge in [0.1, 0.15) is 0 Å². The van der Waals surface area contributed by atoms with E-state index in [-0.39, 0.29) is 18.9 Å². The molecule has 0 rings (SSSR count). The highest BCUT2D eigenvalue weighted by Crippen LogP contribution is 2.05. The predicted molar refractivity (Wildman–Crippen MR) is 63.9 cm³/mol. The molecule has 16 heavy (non-hydrogen) atoms. The van der Waals surface area contributed by atoms with E-state index in [1.54, 1.807) is 0 Å². The summed E-state index contributed by atoms with van der Waals surface area (Å²) in [5, 5.41) is 8.50. The number of rotatable bonds is 8. The fourth-order valence-corrected chi connectivity index (χ4v) is 2.68. The molecule has 0 aromatic heterocycles. The summed E-state index contributed by atoms with van der Waals surface area (Å²) in [4.78, 5) is 0. The van der Waals surface area contributed by atoms with Gasteiger partial charge in [-0.1, -0.05) is 20.8 Å². The van der Waals surface area contributed by atoms with Crippen LogP contribution in [0.2, 0.25) is 0 Å². The number of hydrogen-bond acceptors (Lipinski definition) is 3. The third kappa shape index (κ3) is 6.05. The van der Waals surface area contributed by atoms with Crippen molar-refractivity contribution >= 4 is 10.2 Å². The zero-order valence-electron chi connectivity index (χ0n) is 10.2. The van der Waals surface area contributed by atoms with Crippen LogP contribution in [0.5, 0.6) is 0 Å². The van der Waals surface area contributed by atoms with Gasteiger partial charge in [-0.25, -0.2) is 4.72 Å². The summed E-state index contributed by atoms with van der Waals surface area (Å²) in [6.07, 6.45) is 0.979.